The van der Waals surface area contributed by atoms with Crippen LogP contribution in [0.5, 0.6) is 5.75 Å². The molecule has 1 amide bonds. The molecule has 0 bridgehead atoms. The molecule has 0 saturated heterocycles. The number of esters is 1. The number of carbonyl (C=O) groups is 2. The zero-order valence-electron chi connectivity index (χ0n) is 13.1. The minimum atomic E-state index is -0.491. The number of benzene rings is 2. The van der Waals surface area contributed by atoms with Crippen LogP contribution < -0.4 is 10.1 Å². The van der Waals surface area contributed by atoms with Crippen molar-refractivity contribution in [3.63, 3.8) is 0 Å². The number of anilines is 1. The fourth-order valence-corrected chi connectivity index (χ4v) is 1.93. The van der Waals surface area contributed by atoms with E-state index in [-0.39, 0.29) is 13.0 Å². The molecule has 24 heavy (non-hydrogen) atoms. The van der Waals surface area contributed by atoms with Crippen molar-refractivity contribution in [2.24, 2.45) is 0 Å². The Bertz CT molecular complexity index is 746. The van der Waals surface area contributed by atoms with Crippen LogP contribution >= 0.6 is 0 Å². The molecule has 122 valence electrons. The molecule has 1 N–H and O–H groups in total. The van der Waals surface area contributed by atoms with Crippen molar-refractivity contribution in [3.05, 3.63) is 59.7 Å². The largest absolute Gasteiger partial charge is 0.497 e. The smallest absolute Gasteiger partial charge is 0.310 e. The van der Waals surface area contributed by atoms with Gasteiger partial charge in [-0.2, -0.15) is 5.26 Å². The summed E-state index contributed by atoms with van der Waals surface area (Å²) in [7, 11) is 1.57. The van der Waals surface area contributed by atoms with E-state index >= 15 is 0 Å². The molecule has 2 aromatic rings. The Balaban J connectivity index is 1.77. The molecule has 0 aliphatic carbocycles. The lowest BCUT2D eigenvalue weighted by Crippen LogP contribution is -2.21. The second kappa shape index (κ2) is 8.34. The SMILES string of the molecule is COc1ccc(CC(=O)OCC(=O)Nc2ccc(C#N)cc2)cc1. The third-order valence-corrected chi connectivity index (χ3v) is 3.17. The van der Waals surface area contributed by atoms with Crippen molar-refractivity contribution in [1.82, 2.24) is 0 Å². The lowest BCUT2D eigenvalue weighted by Gasteiger charge is -2.07. The molecule has 2 rings (SSSR count). The van der Waals surface area contributed by atoms with Gasteiger partial charge in [-0.1, -0.05) is 12.1 Å². The first-order valence-electron chi connectivity index (χ1n) is 7.19. The summed E-state index contributed by atoms with van der Waals surface area (Å²) in [6.45, 7) is -0.366. The number of ether oxygens (including phenoxy) is 2. The van der Waals surface area contributed by atoms with Gasteiger partial charge in [-0.15, -0.1) is 0 Å². The maximum Gasteiger partial charge on any atom is 0.310 e. The van der Waals surface area contributed by atoms with Gasteiger partial charge in [-0.05, 0) is 42.0 Å². The van der Waals surface area contributed by atoms with E-state index in [1.165, 1.54) is 0 Å². The average Bonchev–Trinajstić information content (AvgIpc) is 2.61. The molecule has 6 nitrogen and oxygen atoms in total. The predicted molar refractivity (Wildman–Crippen MR) is 87.4 cm³/mol. The molecule has 0 spiro atoms. The molecule has 0 unspecified atom stereocenters. The fourth-order valence-electron chi connectivity index (χ4n) is 1.93. The Kier molecular flexibility index (Phi) is 5.92. The summed E-state index contributed by atoms with van der Waals surface area (Å²) < 4.78 is 9.98. The lowest BCUT2D eigenvalue weighted by molar-refractivity contribution is -0.146. The molecule has 0 aliphatic heterocycles. The van der Waals surface area contributed by atoms with Gasteiger partial charge in [-0.3, -0.25) is 9.59 Å². The van der Waals surface area contributed by atoms with Crippen LogP contribution in [0.15, 0.2) is 48.5 Å². The van der Waals surface area contributed by atoms with Crippen LogP contribution in [-0.2, 0) is 20.7 Å². The van der Waals surface area contributed by atoms with E-state index in [9.17, 15) is 9.59 Å². The van der Waals surface area contributed by atoms with Crippen LogP contribution in [0, 0.1) is 11.3 Å². The molecule has 0 radical (unpaired) electrons. The maximum absolute atomic E-state index is 11.7. The highest BCUT2D eigenvalue weighted by Gasteiger charge is 2.09. The van der Waals surface area contributed by atoms with Gasteiger partial charge < -0.3 is 14.8 Å². The summed E-state index contributed by atoms with van der Waals surface area (Å²) in [4.78, 5) is 23.5. The Morgan fingerprint density at radius 2 is 1.75 bits per heavy atom. The Morgan fingerprint density at radius 1 is 1.08 bits per heavy atom. The second-order valence-corrected chi connectivity index (χ2v) is 4.92. The molecule has 0 aliphatic rings. The second-order valence-electron chi connectivity index (χ2n) is 4.92. The molecule has 0 atom stereocenters. The van der Waals surface area contributed by atoms with Gasteiger partial charge in [0.1, 0.15) is 5.75 Å². The molecular formula is C18H16N2O4. The number of nitrogens with zero attached hydrogens (tertiary/aromatic N) is 1. The first-order valence-corrected chi connectivity index (χ1v) is 7.19. The standard InChI is InChI=1S/C18H16N2O4/c1-23-16-8-4-13(5-9-16)10-18(22)24-12-17(21)20-15-6-2-14(11-19)3-7-15/h2-9H,10,12H2,1H3,(H,20,21). The molecule has 0 saturated carbocycles. The number of nitrogens with one attached hydrogen (secondary N) is 1. The van der Waals surface area contributed by atoms with E-state index in [0.29, 0.717) is 17.0 Å². The van der Waals surface area contributed by atoms with Gasteiger partial charge in [0.2, 0.25) is 0 Å². The highest BCUT2D eigenvalue weighted by Crippen LogP contribution is 2.12. The first kappa shape index (κ1) is 17.0. The zero-order valence-corrected chi connectivity index (χ0v) is 13.1. The van der Waals surface area contributed by atoms with Crippen LogP contribution in [0.2, 0.25) is 0 Å². The van der Waals surface area contributed by atoms with E-state index < -0.39 is 11.9 Å². The van der Waals surface area contributed by atoms with Crippen molar-refractivity contribution < 1.29 is 19.1 Å². The number of methoxy groups -OCH3 is 1. The van der Waals surface area contributed by atoms with Crippen molar-refractivity contribution in [2.75, 3.05) is 19.0 Å². The molecule has 2 aromatic carbocycles. The molecule has 0 aromatic heterocycles. The highest BCUT2D eigenvalue weighted by atomic mass is 16.5. The summed E-state index contributed by atoms with van der Waals surface area (Å²) >= 11 is 0. The summed E-state index contributed by atoms with van der Waals surface area (Å²) in [5, 5.41) is 11.3. The van der Waals surface area contributed by atoms with Crippen LogP contribution in [0.4, 0.5) is 5.69 Å². The monoisotopic (exact) mass is 324 g/mol. The van der Waals surface area contributed by atoms with Crippen molar-refractivity contribution in [3.8, 4) is 11.8 Å². The van der Waals surface area contributed by atoms with Crippen LogP contribution in [-0.4, -0.2) is 25.6 Å². The minimum Gasteiger partial charge on any atom is -0.497 e. The summed E-state index contributed by atoms with van der Waals surface area (Å²) in [5.41, 5.74) is 1.80. The van der Waals surface area contributed by atoms with Crippen LogP contribution in [0.1, 0.15) is 11.1 Å². The summed E-state index contributed by atoms with van der Waals surface area (Å²) in [6.07, 6.45) is 0.0775. The van der Waals surface area contributed by atoms with Crippen LogP contribution in [0.25, 0.3) is 0 Å². The van der Waals surface area contributed by atoms with E-state index in [2.05, 4.69) is 5.32 Å². The number of rotatable bonds is 6. The highest BCUT2D eigenvalue weighted by molar-refractivity contribution is 5.92. The number of hydrogen-bond acceptors (Lipinski definition) is 5. The van der Waals surface area contributed by atoms with E-state index in [4.69, 9.17) is 14.7 Å². The Morgan fingerprint density at radius 3 is 2.33 bits per heavy atom. The van der Waals surface area contributed by atoms with Gasteiger partial charge in [0.15, 0.2) is 6.61 Å². The first-order chi connectivity index (χ1) is 11.6. The Hall–Kier alpha value is -3.33. The third-order valence-electron chi connectivity index (χ3n) is 3.17. The Labute approximate surface area is 139 Å². The third kappa shape index (κ3) is 5.14. The minimum absolute atomic E-state index is 0.0775. The predicted octanol–water partition coefficient (Wildman–Crippen LogP) is 2.29. The summed E-state index contributed by atoms with van der Waals surface area (Å²) in [6, 6.07) is 15.4. The quantitative estimate of drug-likeness (QED) is 0.824. The number of hydrogen-bond donors (Lipinski definition) is 1. The van der Waals surface area contributed by atoms with Crippen molar-refractivity contribution in [1.29, 1.82) is 5.26 Å². The number of carbonyl (C=O) groups excluding carboxylic acids is 2. The average molecular weight is 324 g/mol. The van der Waals surface area contributed by atoms with Gasteiger partial charge in [0.25, 0.3) is 5.91 Å². The van der Waals surface area contributed by atoms with Gasteiger partial charge >= 0.3 is 5.97 Å². The van der Waals surface area contributed by atoms with E-state index in [0.717, 1.165) is 5.56 Å². The maximum atomic E-state index is 11.7. The topological polar surface area (TPSA) is 88.4 Å². The normalized spacial score (nSPS) is 9.67. The summed E-state index contributed by atoms with van der Waals surface area (Å²) in [5.74, 6) is -0.230. The number of amides is 1. The molecule has 0 heterocycles. The number of nitriles is 1. The molecule has 0 fully saturated rings. The zero-order chi connectivity index (χ0) is 17.4. The van der Waals surface area contributed by atoms with Gasteiger partial charge in [-0.25, -0.2) is 0 Å². The molecule has 6 heteroatoms. The fraction of sp³-hybridized carbons (Fsp3) is 0.167. The van der Waals surface area contributed by atoms with Crippen molar-refractivity contribution >= 4 is 17.6 Å². The van der Waals surface area contributed by atoms with Gasteiger partial charge in [0, 0.05) is 5.69 Å². The van der Waals surface area contributed by atoms with Crippen molar-refractivity contribution in [2.45, 2.75) is 6.42 Å². The van der Waals surface area contributed by atoms with E-state index in [1.54, 1.807) is 55.6 Å². The van der Waals surface area contributed by atoms with Crippen LogP contribution in [0.3, 0.4) is 0 Å². The van der Waals surface area contributed by atoms with Gasteiger partial charge in [0.05, 0.1) is 25.2 Å². The van der Waals surface area contributed by atoms with E-state index in [1.807, 2.05) is 6.07 Å². The lowest BCUT2D eigenvalue weighted by atomic mass is 10.1. The molecular weight excluding hydrogens is 308 g/mol.